The maximum absolute atomic E-state index is 8.67. The number of aliphatic hydroxyl groups excluding tert-OH is 1. The van der Waals surface area contributed by atoms with Gasteiger partial charge in [-0.25, -0.2) is 0 Å². The quantitative estimate of drug-likeness (QED) is 0.605. The van der Waals surface area contributed by atoms with Crippen LogP contribution in [0.3, 0.4) is 0 Å². The standard InChI is InChI=1S/C8H11ClN2O/c9-7-6(10)2-1-5(3-4-12)8(7)11/h1-2,12H,3-4,10-11H2. The van der Waals surface area contributed by atoms with E-state index in [1.54, 1.807) is 12.1 Å². The molecule has 0 aliphatic rings. The van der Waals surface area contributed by atoms with Crippen molar-refractivity contribution < 1.29 is 5.11 Å². The van der Waals surface area contributed by atoms with Crippen LogP contribution >= 0.6 is 11.6 Å². The number of aliphatic hydroxyl groups is 1. The van der Waals surface area contributed by atoms with Gasteiger partial charge in [0.2, 0.25) is 0 Å². The molecule has 0 saturated carbocycles. The number of halogens is 1. The van der Waals surface area contributed by atoms with E-state index in [1.165, 1.54) is 0 Å². The second-order valence-electron chi connectivity index (χ2n) is 2.52. The fourth-order valence-electron chi connectivity index (χ4n) is 0.988. The van der Waals surface area contributed by atoms with Crippen LogP contribution in [0.1, 0.15) is 5.56 Å². The molecule has 0 bridgehead atoms. The summed E-state index contributed by atoms with van der Waals surface area (Å²) in [4.78, 5) is 0. The van der Waals surface area contributed by atoms with Gasteiger partial charge in [-0.3, -0.25) is 0 Å². The predicted molar refractivity (Wildman–Crippen MR) is 51.1 cm³/mol. The molecule has 0 unspecified atom stereocenters. The summed E-state index contributed by atoms with van der Waals surface area (Å²) in [6.07, 6.45) is 0.506. The molecular formula is C8H11ClN2O. The largest absolute Gasteiger partial charge is 0.397 e. The van der Waals surface area contributed by atoms with E-state index in [0.29, 0.717) is 22.8 Å². The van der Waals surface area contributed by atoms with Crippen LogP contribution in [-0.4, -0.2) is 11.7 Å². The molecule has 0 atom stereocenters. The first-order chi connectivity index (χ1) is 5.66. The van der Waals surface area contributed by atoms with Gasteiger partial charge in [0.05, 0.1) is 16.4 Å². The van der Waals surface area contributed by atoms with Crippen LogP contribution in [0.4, 0.5) is 11.4 Å². The fourth-order valence-corrected chi connectivity index (χ4v) is 1.17. The summed E-state index contributed by atoms with van der Waals surface area (Å²) in [5, 5.41) is 9.05. The van der Waals surface area contributed by atoms with E-state index in [1.807, 2.05) is 0 Å². The van der Waals surface area contributed by atoms with Gasteiger partial charge in [-0.05, 0) is 18.1 Å². The van der Waals surface area contributed by atoms with Crippen LogP contribution in [0.2, 0.25) is 5.02 Å². The van der Waals surface area contributed by atoms with E-state index < -0.39 is 0 Å². The van der Waals surface area contributed by atoms with E-state index in [4.69, 9.17) is 28.2 Å². The number of anilines is 2. The molecule has 1 rings (SSSR count). The van der Waals surface area contributed by atoms with Crippen LogP contribution in [-0.2, 0) is 6.42 Å². The molecule has 66 valence electrons. The molecule has 1 aromatic carbocycles. The Hall–Kier alpha value is -0.930. The summed E-state index contributed by atoms with van der Waals surface area (Å²) in [5.74, 6) is 0. The summed E-state index contributed by atoms with van der Waals surface area (Å²) >= 11 is 5.79. The maximum atomic E-state index is 8.67. The van der Waals surface area contributed by atoms with Crippen molar-refractivity contribution in [2.75, 3.05) is 18.1 Å². The smallest absolute Gasteiger partial charge is 0.0867 e. The van der Waals surface area contributed by atoms with E-state index in [2.05, 4.69) is 0 Å². The van der Waals surface area contributed by atoms with Crippen LogP contribution in [0.25, 0.3) is 0 Å². The van der Waals surface area contributed by atoms with Gasteiger partial charge in [0.25, 0.3) is 0 Å². The fraction of sp³-hybridized carbons (Fsp3) is 0.250. The number of rotatable bonds is 2. The highest BCUT2D eigenvalue weighted by Gasteiger charge is 2.05. The van der Waals surface area contributed by atoms with Gasteiger partial charge in [-0.2, -0.15) is 0 Å². The average Bonchev–Trinajstić information content (AvgIpc) is 2.07. The molecule has 3 nitrogen and oxygen atoms in total. The average molecular weight is 187 g/mol. The lowest BCUT2D eigenvalue weighted by Crippen LogP contribution is -2.00. The van der Waals surface area contributed by atoms with Crippen LogP contribution in [0.5, 0.6) is 0 Å². The first-order valence-electron chi connectivity index (χ1n) is 3.60. The molecule has 0 aromatic heterocycles. The lowest BCUT2D eigenvalue weighted by molar-refractivity contribution is 0.300. The lowest BCUT2D eigenvalue weighted by Gasteiger charge is -2.07. The highest BCUT2D eigenvalue weighted by Crippen LogP contribution is 2.28. The van der Waals surface area contributed by atoms with Crippen molar-refractivity contribution in [3.05, 3.63) is 22.7 Å². The molecular weight excluding hydrogens is 176 g/mol. The first kappa shape index (κ1) is 9.16. The summed E-state index contributed by atoms with van der Waals surface area (Å²) in [6.45, 7) is 0.0600. The van der Waals surface area contributed by atoms with E-state index >= 15 is 0 Å². The van der Waals surface area contributed by atoms with Crippen molar-refractivity contribution in [3.63, 3.8) is 0 Å². The number of nitrogen functional groups attached to an aromatic ring is 2. The minimum atomic E-state index is 0.0600. The van der Waals surface area contributed by atoms with Gasteiger partial charge in [0.15, 0.2) is 0 Å². The molecule has 0 saturated heterocycles. The van der Waals surface area contributed by atoms with Crippen molar-refractivity contribution in [2.45, 2.75) is 6.42 Å². The third kappa shape index (κ3) is 1.62. The molecule has 0 heterocycles. The van der Waals surface area contributed by atoms with Gasteiger partial charge in [-0.1, -0.05) is 17.7 Å². The number of nitrogens with two attached hydrogens (primary N) is 2. The monoisotopic (exact) mass is 186 g/mol. The molecule has 0 radical (unpaired) electrons. The number of benzene rings is 1. The van der Waals surface area contributed by atoms with Gasteiger partial charge in [-0.15, -0.1) is 0 Å². The first-order valence-corrected chi connectivity index (χ1v) is 3.97. The molecule has 4 heteroatoms. The molecule has 0 fully saturated rings. The maximum Gasteiger partial charge on any atom is 0.0867 e. The summed E-state index contributed by atoms with van der Waals surface area (Å²) in [5.41, 5.74) is 12.9. The van der Waals surface area contributed by atoms with Gasteiger partial charge < -0.3 is 16.6 Å². The van der Waals surface area contributed by atoms with Crippen LogP contribution < -0.4 is 11.5 Å². The molecule has 5 N–H and O–H groups in total. The van der Waals surface area contributed by atoms with Crippen molar-refractivity contribution in [3.8, 4) is 0 Å². The lowest BCUT2D eigenvalue weighted by atomic mass is 10.1. The minimum Gasteiger partial charge on any atom is -0.397 e. The number of hydrogen-bond acceptors (Lipinski definition) is 3. The van der Waals surface area contributed by atoms with E-state index in [0.717, 1.165) is 5.56 Å². The molecule has 0 amide bonds. The number of hydrogen-bond donors (Lipinski definition) is 3. The highest BCUT2D eigenvalue weighted by atomic mass is 35.5. The highest BCUT2D eigenvalue weighted by molar-refractivity contribution is 6.35. The Morgan fingerprint density at radius 2 is 2.00 bits per heavy atom. The molecule has 0 aliphatic heterocycles. The van der Waals surface area contributed by atoms with Gasteiger partial charge >= 0.3 is 0 Å². The topological polar surface area (TPSA) is 72.3 Å². The minimum absolute atomic E-state index is 0.0600. The van der Waals surface area contributed by atoms with E-state index in [-0.39, 0.29) is 6.61 Å². The Bertz CT molecular complexity index is 289. The Morgan fingerprint density at radius 3 is 2.58 bits per heavy atom. The molecule has 0 aliphatic carbocycles. The van der Waals surface area contributed by atoms with Crippen LogP contribution in [0.15, 0.2) is 12.1 Å². The second kappa shape index (κ2) is 3.65. The summed E-state index contributed by atoms with van der Waals surface area (Å²) < 4.78 is 0. The summed E-state index contributed by atoms with van der Waals surface area (Å²) in [7, 11) is 0. The van der Waals surface area contributed by atoms with Gasteiger partial charge in [0.1, 0.15) is 0 Å². The zero-order valence-electron chi connectivity index (χ0n) is 6.55. The Balaban J connectivity index is 3.08. The Labute approximate surface area is 75.9 Å². The van der Waals surface area contributed by atoms with Crippen LogP contribution in [0, 0.1) is 0 Å². The van der Waals surface area contributed by atoms with Crippen molar-refractivity contribution in [1.29, 1.82) is 0 Å². The van der Waals surface area contributed by atoms with E-state index in [9.17, 15) is 0 Å². The zero-order valence-corrected chi connectivity index (χ0v) is 7.30. The van der Waals surface area contributed by atoms with Gasteiger partial charge in [0, 0.05) is 6.61 Å². The van der Waals surface area contributed by atoms with Crippen molar-refractivity contribution >= 4 is 23.0 Å². The second-order valence-corrected chi connectivity index (χ2v) is 2.89. The molecule has 0 spiro atoms. The normalized spacial score (nSPS) is 10.2. The van der Waals surface area contributed by atoms with Crippen molar-refractivity contribution in [2.24, 2.45) is 0 Å². The SMILES string of the molecule is Nc1ccc(CCO)c(N)c1Cl. The molecule has 12 heavy (non-hydrogen) atoms. The third-order valence-electron chi connectivity index (χ3n) is 1.68. The Morgan fingerprint density at radius 1 is 1.33 bits per heavy atom. The zero-order chi connectivity index (χ0) is 9.14. The Kier molecular flexibility index (Phi) is 2.78. The summed E-state index contributed by atoms with van der Waals surface area (Å²) in [6, 6.07) is 3.45. The predicted octanol–water partition coefficient (Wildman–Crippen LogP) is 1.04. The third-order valence-corrected chi connectivity index (χ3v) is 2.10. The van der Waals surface area contributed by atoms with Crippen molar-refractivity contribution in [1.82, 2.24) is 0 Å². The molecule has 1 aromatic rings.